The summed E-state index contributed by atoms with van der Waals surface area (Å²) in [6, 6.07) is 11.3. The minimum absolute atomic E-state index is 0.218. The van der Waals surface area contributed by atoms with Gasteiger partial charge in [0.05, 0.1) is 12.1 Å². The third-order valence-electron chi connectivity index (χ3n) is 6.11. The molecular weight excluding hydrogens is 336 g/mol. The molecule has 5 nitrogen and oxygen atoms in total. The molecule has 2 aromatic rings. The maximum atomic E-state index is 13.1. The van der Waals surface area contributed by atoms with E-state index in [0.717, 1.165) is 43.0 Å². The SMILES string of the molecule is CCN(C(=O)Cc1c(C)nn(C)c1C)[C@H]1CCN([C@@H](C)c2ccccc2)C1. The van der Waals surface area contributed by atoms with Crippen LogP contribution in [0.5, 0.6) is 0 Å². The zero-order valence-corrected chi connectivity index (χ0v) is 17.3. The lowest BCUT2D eigenvalue weighted by Crippen LogP contribution is -2.43. The van der Waals surface area contributed by atoms with Crippen LogP contribution in [0, 0.1) is 13.8 Å². The number of carbonyl (C=O) groups excluding carboxylic acids is 1. The molecular formula is C22H32N4O. The van der Waals surface area contributed by atoms with Crippen LogP contribution in [0.3, 0.4) is 0 Å². The van der Waals surface area contributed by atoms with E-state index in [1.165, 1.54) is 5.56 Å². The molecule has 2 heterocycles. The summed E-state index contributed by atoms with van der Waals surface area (Å²) in [6.07, 6.45) is 1.49. The number of benzene rings is 1. The Morgan fingerprint density at radius 1 is 1.30 bits per heavy atom. The number of likely N-dealkylation sites (N-methyl/N-ethyl adjacent to an activating group) is 1. The molecule has 27 heavy (non-hydrogen) atoms. The summed E-state index contributed by atoms with van der Waals surface area (Å²) >= 11 is 0. The molecule has 1 aromatic heterocycles. The van der Waals surface area contributed by atoms with E-state index in [-0.39, 0.29) is 5.91 Å². The van der Waals surface area contributed by atoms with Crippen LogP contribution in [-0.2, 0) is 18.3 Å². The van der Waals surface area contributed by atoms with Gasteiger partial charge in [-0.2, -0.15) is 5.10 Å². The molecule has 1 amide bonds. The Balaban J connectivity index is 1.66. The number of aromatic nitrogens is 2. The van der Waals surface area contributed by atoms with Gasteiger partial charge in [-0.1, -0.05) is 30.3 Å². The zero-order valence-electron chi connectivity index (χ0n) is 17.3. The fraction of sp³-hybridized carbons (Fsp3) is 0.545. The highest BCUT2D eigenvalue weighted by Crippen LogP contribution is 2.27. The fourth-order valence-corrected chi connectivity index (χ4v) is 4.28. The molecule has 0 radical (unpaired) electrons. The molecule has 0 bridgehead atoms. The van der Waals surface area contributed by atoms with Gasteiger partial charge in [-0.25, -0.2) is 0 Å². The first-order chi connectivity index (χ1) is 12.9. The first kappa shape index (κ1) is 19.6. The summed E-state index contributed by atoms with van der Waals surface area (Å²) in [6.45, 7) is 11.1. The summed E-state index contributed by atoms with van der Waals surface area (Å²) in [4.78, 5) is 17.6. The van der Waals surface area contributed by atoms with Crippen LogP contribution in [0.4, 0.5) is 0 Å². The average molecular weight is 369 g/mol. The van der Waals surface area contributed by atoms with E-state index < -0.39 is 0 Å². The van der Waals surface area contributed by atoms with Crippen molar-refractivity contribution in [2.75, 3.05) is 19.6 Å². The summed E-state index contributed by atoms with van der Waals surface area (Å²) in [5.74, 6) is 0.218. The topological polar surface area (TPSA) is 41.4 Å². The predicted octanol–water partition coefficient (Wildman–Crippen LogP) is 3.26. The Morgan fingerprint density at radius 3 is 2.59 bits per heavy atom. The van der Waals surface area contributed by atoms with E-state index in [9.17, 15) is 4.79 Å². The van der Waals surface area contributed by atoms with E-state index in [2.05, 4.69) is 59.1 Å². The Bertz CT molecular complexity index is 783. The molecule has 3 rings (SSSR count). The number of carbonyl (C=O) groups is 1. The molecule has 5 heteroatoms. The lowest BCUT2D eigenvalue weighted by molar-refractivity contribution is -0.132. The molecule has 146 valence electrons. The molecule has 1 aliphatic heterocycles. The van der Waals surface area contributed by atoms with Crippen LogP contribution in [0.25, 0.3) is 0 Å². The summed E-state index contributed by atoms with van der Waals surface area (Å²) in [5.41, 5.74) is 4.47. The minimum atomic E-state index is 0.218. The van der Waals surface area contributed by atoms with Crippen molar-refractivity contribution in [1.29, 1.82) is 0 Å². The van der Waals surface area contributed by atoms with Gasteiger partial charge in [0.1, 0.15) is 0 Å². The van der Waals surface area contributed by atoms with E-state index in [1.54, 1.807) is 0 Å². The lowest BCUT2D eigenvalue weighted by Gasteiger charge is -2.30. The molecule has 0 aliphatic carbocycles. The standard InChI is InChI=1S/C22H32N4O/c1-6-26(22(27)14-21-16(2)23-24(5)18(21)4)20-12-13-25(15-20)17(3)19-10-8-7-9-11-19/h7-11,17,20H,6,12-15H2,1-5H3/t17-,20-/m0/s1. The second-order valence-corrected chi connectivity index (χ2v) is 7.65. The van der Waals surface area contributed by atoms with Crippen molar-refractivity contribution < 1.29 is 4.79 Å². The maximum Gasteiger partial charge on any atom is 0.227 e. The van der Waals surface area contributed by atoms with Crippen molar-refractivity contribution in [3.8, 4) is 0 Å². The smallest absolute Gasteiger partial charge is 0.227 e. The van der Waals surface area contributed by atoms with Crippen molar-refractivity contribution in [2.45, 2.75) is 52.6 Å². The van der Waals surface area contributed by atoms with Gasteiger partial charge in [0, 0.05) is 50.0 Å². The van der Waals surface area contributed by atoms with Crippen LogP contribution >= 0.6 is 0 Å². The average Bonchev–Trinajstić information content (AvgIpc) is 3.23. The van der Waals surface area contributed by atoms with Gasteiger partial charge in [0.15, 0.2) is 0 Å². The van der Waals surface area contributed by atoms with Crippen LogP contribution in [0.2, 0.25) is 0 Å². The normalized spacial score (nSPS) is 18.6. The molecule has 0 N–H and O–H groups in total. The number of hydrogen-bond donors (Lipinski definition) is 0. The molecule has 1 saturated heterocycles. The first-order valence-corrected chi connectivity index (χ1v) is 9.99. The van der Waals surface area contributed by atoms with Crippen molar-refractivity contribution in [3.63, 3.8) is 0 Å². The molecule has 0 unspecified atom stereocenters. The number of amides is 1. The predicted molar refractivity (Wildman–Crippen MR) is 109 cm³/mol. The Kier molecular flexibility index (Phi) is 6.00. The molecule has 1 aliphatic rings. The third-order valence-corrected chi connectivity index (χ3v) is 6.11. The van der Waals surface area contributed by atoms with Gasteiger partial charge in [-0.15, -0.1) is 0 Å². The fourth-order valence-electron chi connectivity index (χ4n) is 4.28. The summed E-state index contributed by atoms with van der Waals surface area (Å²) < 4.78 is 1.87. The largest absolute Gasteiger partial charge is 0.338 e. The van der Waals surface area contributed by atoms with E-state index in [1.807, 2.05) is 25.6 Å². The number of hydrogen-bond acceptors (Lipinski definition) is 3. The van der Waals surface area contributed by atoms with E-state index in [4.69, 9.17) is 0 Å². The van der Waals surface area contributed by atoms with Crippen molar-refractivity contribution >= 4 is 5.91 Å². The number of rotatable bonds is 6. The highest BCUT2D eigenvalue weighted by molar-refractivity contribution is 5.79. The maximum absolute atomic E-state index is 13.1. The quantitative estimate of drug-likeness (QED) is 0.786. The summed E-state index contributed by atoms with van der Waals surface area (Å²) in [7, 11) is 1.94. The van der Waals surface area contributed by atoms with Crippen molar-refractivity contribution in [3.05, 3.63) is 52.8 Å². The lowest BCUT2D eigenvalue weighted by atomic mass is 10.1. The van der Waals surface area contributed by atoms with E-state index >= 15 is 0 Å². The minimum Gasteiger partial charge on any atom is -0.338 e. The van der Waals surface area contributed by atoms with Crippen molar-refractivity contribution in [2.24, 2.45) is 7.05 Å². The van der Waals surface area contributed by atoms with Gasteiger partial charge in [-0.05, 0) is 39.7 Å². The van der Waals surface area contributed by atoms with Crippen LogP contribution in [0.1, 0.15) is 48.8 Å². The Hall–Kier alpha value is -2.14. The molecule has 1 aromatic carbocycles. The molecule has 0 spiro atoms. The van der Waals surface area contributed by atoms with Crippen molar-refractivity contribution in [1.82, 2.24) is 19.6 Å². The Labute approximate surface area is 163 Å². The number of aryl methyl sites for hydroxylation is 2. The van der Waals surface area contributed by atoms with Gasteiger partial charge in [-0.3, -0.25) is 14.4 Å². The van der Waals surface area contributed by atoms with Gasteiger partial charge >= 0.3 is 0 Å². The summed E-state index contributed by atoms with van der Waals surface area (Å²) in [5, 5.41) is 4.45. The molecule has 1 fully saturated rings. The monoisotopic (exact) mass is 368 g/mol. The zero-order chi connectivity index (χ0) is 19.6. The second kappa shape index (κ2) is 8.26. The highest BCUT2D eigenvalue weighted by atomic mass is 16.2. The van der Waals surface area contributed by atoms with E-state index in [0.29, 0.717) is 18.5 Å². The Morgan fingerprint density at radius 2 is 2.00 bits per heavy atom. The van der Waals surface area contributed by atoms with Gasteiger partial charge in [0.2, 0.25) is 5.91 Å². The number of nitrogens with zero attached hydrogens (tertiary/aromatic N) is 4. The highest BCUT2D eigenvalue weighted by Gasteiger charge is 2.32. The molecule has 2 atom stereocenters. The van der Waals surface area contributed by atoms with Gasteiger partial charge < -0.3 is 4.90 Å². The van der Waals surface area contributed by atoms with Gasteiger partial charge in [0.25, 0.3) is 0 Å². The number of likely N-dealkylation sites (tertiary alicyclic amines) is 1. The van der Waals surface area contributed by atoms with Crippen LogP contribution < -0.4 is 0 Å². The first-order valence-electron chi connectivity index (χ1n) is 9.99. The van der Waals surface area contributed by atoms with Crippen LogP contribution in [-0.4, -0.2) is 51.2 Å². The van der Waals surface area contributed by atoms with Crippen LogP contribution in [0.15, 0.2) is 30.3 Å². The third kappa shape index (κ3) is 4.08. The molecule has 0 saturated carbocycles. The second-order valence-electron chi connectivity index (χ2n) is 7.65.